The van der Waals surface area contributed by atoms with Gasteiger partial charge < -0.3 is 21.1 Å². The smallest absolute Gasteiger partial charge is 0.138 e. The number of pyridine rings is 1. The first-order chi connectivity index (χ1) is 15.7. The summed E-state index contributed by atoms with van der Waals surface area (Å²) in [4.78, 5) is 0. The van der Waals surface area contributed by atoms with Crippen molar-refractivity contribution in [3.05, 3.63) is 47.7 Å². The Morgan fingerprint density at radius 1 is 1.12 bits per heavy atom. The summed E-state index contributed by atoms with van der Waals surface area (Å²) in [6.07, 6.45) is 8.11. The molecule has 0 radical (unpaired) electrons. The molecule has 2 aliphatic carbocycles. The van der Waals surface area contributed by atoms with Crippen LogP contribution in [0.15, 0.2) is 36.5 Å². The number of rotatable bonds is 7. The van der Waals surface area contributed by atoms with E-state index in [0.717, 1.165) is 67.0 Å². The van der Waals surface area contributed by atoms with Gasteiger partial charge >= 0.3 is 0 Å². The van der Waals surface area contributed by atoms with Crippen LogP contribution in [0.25, 0.3) is 5.52 Å². The van der Waals surface area contributed by atoms with E-state index >= 15 is 0 Å². The topological polar surface area (TPSA) is 100 Å². The summed E-state index contributed by atoms with van der Waals surface area (Å²) in [5.74, 6) is 2.21. The zero-order valence-electron chi connectivity index (χ0n) is 18.5. The minimum Gasteiger partial charge on any atom is -0.494 e. The van der Waals surface area contributed by atoms with Crippen molar-refractivity contribution < 1.29 is 4.74 Å². The van der Waals surface area contributed by atoms with Crippen LogP contribution in [0.3, 0.4) is 0 Å². The fourth-order valence-corrected chi connectivity index (χ4v) is 4.72. The monoisotopic (exact) mass is 430 g/mol. The fraction of sp³-hybridized carbons (Fsp3) is 0.440. The van der Waals surface area contributed by atoms with Gasteiger partial charge in [-0.15, -0.1) is 0 Å². The summed E-state index contributed by atoms with van der Waals surface area (Å²) < 4.78 is 7.46. The Labute approximate surface area is 188 Å². The first kappa shape index (κ1) is 20.7. The molecule has 7 heteroatoms. The molecule has 0 unspecified atom stereocenters. The number of fused-ring (bicyclic) bond motifs is 1. The fourth-order valence-electron chi connectivity index (χ4n) is 4.72. The number of anilines is 3. The normalized spacial score (nSPS) is 20.7. The molecule has 5 rings (SSSR count). The molecule has 0 saturated heterocycles. The molecule has 0 amide bonds. The molecule has 7 nitrogen and oxygen atoms in total. The maximum atomic E-state index is 10.1. The number of nitriles is 1. The molecule has 2 aliphatic rings. The average Bonchev–Trinajstić information content (AvgIpc) is 3.52. The molecule has 2 aromatic heterocycles. The third kappa shape index (κ3) is 3.98. The highest BCUT2D eigenvalue weighted by Crippen LogP contribution is 2.49. The molecule has 2 heterocycles. The summed E-state index contributed by atoms with van der Waals surface area (Å²) in [6, 6.07) is 13.0. The Kier molecular flexibility index (Phi) is 5.62. The van der Waals surface area contributed by atoms with E-state index in [0.29, 0.717) is 30.2 Å². The Morgan fingerprint density at radius 3 is 2.53 bits per heavy atom. The van der Waals surface area contributed by atoms with Crippen molar-refractivity contribution in [2.75, 3.05) is 17.2 Å². The van der Waals surface area contributed by atoms with Crippen molar-refractivity contribution in [3.8, 4) is 11.8 Å². The second-order valence-electron chi connectivity index (χ2n) is 8.87. The van der Waals surface area contributed by atoms with E-state index in [9.17, 15) is 5.26 Å². The number of benzene rings is 1. The highest BCUT2D eigenvalue weighted by molar-refractivity contribution is 5.83. The number of ether oxygens (including phenoxy) is 1. The second-order valence-corrected chi connectivity index (χ2v) is 8.87. The summed E-state index contributed by atoms with van der Waals surface area (Å²) in [6.45, 7) is 2.62. The molecule has 4 N–H and O–H groups in total. The lowest BCUT2D eigenvalue weighted by Crippen LogP contribution is -2.33. The third-order valence-electron chi connectivity index (χ3n) is 6.53. The first-order valence-corrected chi connectivity index (χ1v) is 11.6. The van der Waals surface area contributed by atoms with Gasteiger partial charge in [-0.1, -0.05) is 0 Å². The highest BCUT2D eigenvalue weighted by atomic mass is 16.5. The lowest BCUT2D eigenvalue weighted by Gasteiger charge is -2.30. The van der Waals surface area contributed by atoms with Crippen LogP contribution in [-0.2, 0) is 0 Å². The standard InChI is InChI=1S/C25H30N6O/c1-2-32-20-11-9-19(10-12-20)30-25-23(16-3-4-16)24(29-18-7-5-17(27)6-8-18)21(15-26)22-13-14-28-31(22)25/h9-14,16-18,29-30H,2-8,27H2,1H3/t17-,18-. The van der Waals surface area contributed by atoms with Crippen LogP contribution < -0.4 is 21.1 Å². The molecule has 2 saturated carbocycles. The van der Waals surface area contributed by atoms with Gasteiger partial charge in [0.05, 0.1) is 24.0 Å². The molecule has 0 aliphatic heterocycles. The molecule has 1 aromatic carbocycles. The maximum Gasteiger partial charge on any atom is 0.138 e. The van der Waals surface area contributed by atoms with E-state index < -0.39 is 0 Å². The van der Waals surface area contributed by atoms with Crippen LogP contribution in [0.5, 0.6) is 5.75 Å². The molecular formula is C25H30N6O. The number of nitrogens with two attached hydrogens (primary N) is 1. The molecule has 0 bridgehead atoms. The largest absolute Gasteiger partial charge is 0.494 e. The molecule has 166 valence electrons. The molecular weight excluding hydrogens is 400 g/mol. The van der Waals surface area contributed by atoms with Crippen LogP contribution in [0.4, 0.5) is 17.2 Å². The van der Waals surface area contributed by atoms with Gasteiger partial charge in [0.15, 0.2) is 0 Å². The zero-order valence-corrected chi connectivity index (χ0v) is 18.5. The summed E-state index contributed by atoms with van der Waals surface area (Å²) in [5.41, 5.74) is 10.7. The Morgan fingerprint density at radius 2 is 1.88 bits per heavy atom. The molecule has 2 fully saturated rings. The highest BCUT2D eigenvalue weighted by Gasteiger charge is 2.34. The Balaban J connectivity index is 1.58. The average molecular weight is 431 g/mol. The number of nitrogens with one attached hydrogen (secondary N) is 2. The van der Waals surface area contributed by atoms with Crippen LogP contribution in [0.1, 0.15) is 62.5 Å². The summed E-state index contributed by atoms with van der Waals surface area (Å²) in [7, 11) is 0. The molecule has 0 spiro atoms. The number of hydrogen-bond donors (Lipinski definition) is 3. The van der Waals surface area contributed by atoms with E-state index in [-0.39, 0.29) is 0 Å². The zero-order chi connectivity index (χ0) is 22.1. The van der Waals surface area contributed by atoms with Crippen molar-refractivity contribution in [2.24, 2.45) is 5.73 Å². The van der Waals surface area contributed by atoms with Crippen molar-refractivity contribution >= 4 is 22.7 Å². The minimum absolute atomic E-state index is 0.292. The third-order valence-corrected chi connectivity index (χ3v) is 6.53. The Bertz CT molecular complexity index is 1130. The van der Waals surface area contributed by atoms with Crippen LogP contribution in [0, 0.1) is 11.3 Å². The maximum absolute atomic E-state index is 10.1. The van der Waals surface area contributed by atoms with E-state index in [4.69, 9.17) is 10.5 Å². The van der Waals surface area contributed by atoms with E-state index in [1.165, 1.54) is 5.56 Å². The van der Waals surface area contributed by atoms with Crippen molar-refractivity contribution in [1.29, 1.82) is 5.26 Å². The number of aromatic nitrogens is 2. The van der Waals surface area contributed by atoms with E-state index in [2.05, 4.69) is 21.8 Å². The summed E-state index contributed by atoms with van der Waals surface area (Å²) >= 11 is 0. The molecule has 32 heavy (non-hydrogen) atoms. The van der Waals surface area contributed by atoms with E-state index in [1.807, 2.05) is 41.8 Å². The molecule has 0 atom stereocenters. The van der Waals surface area contributed by atoms with Gasteiger partial charge in [-0.25, -0.2) is 4.52 Å². The van der Waals surface area contributed by atoms with Gasteiger partial charge in [-0.3, -0.25) is 0 Å². The Hall–Kier alpha value is -3.24. The van der Waals surface area contributed by atoms with Gasteiger partial charge in [-0.05, 0) is 81.7 Å². The van der Waals surface area contributed by atoms with Crippen molar-refractivity contribution in [3.63, 3.8) is 0 Å². The van der Waals surface area contributed by atoms with Gasteiger partial charge in [0.2, 0.25) is 0 Å². The van der Waals surface area contributed by atoms with E-state index in [1.54, 1.807) is 6.20 Å². The molecule has 3 aromatic rings. The van der Waals surface area contributed by atoms with Crippen molar-refractivity contribution in [2.45, 2.75) is 63.5 Å². The first-order valence-electron chi connectivity index (χ1n) is 11.6. The quantitative estimate of drug-likeness (QED) is 0.492. The number of hydrogen-bond acceptors (Lipinski definition) is 6. The SMILES string of the molecule is CCOc1ccc(Nc2c(C3CC3)c(N[C@H]3CC[C@H](N)CC3)c(C#N)c3ccnn23)cc1. The predicted molar refractivity (Wildman–Crippen MR) is 127 cm³/mol. The van der Waals surface area contributed by atoms with Crippen LogP contribution >= 0.6 is 0 Å². The predicted octanol–water partition coefficient (Wildman–Crippen LogP) is 4.91. The lowest BCUT2D eigenvalue weighted by atomic mass is 9.91. The minimum atomic E-state index is 0.292. The van der Waals surface area contributed by atoms with Crippen LogP contribution in [-0.4, -0.2) is 28.3 Å². The van der Waals surface area contributed by atoms with Crippen LogP contribution in [0.2, 0.25) is 0 Å². The van der Waals surface area contributed by atoms with Gasteiger partial charge in [0, 0.05) is 23.3 Å². The second kappa shape index (κ2) is 8.71. The summed E-state index contributed by atoms with van der Waals surface area (Å²) in [5, 5.41) is 22.1. The van der Waals surface area contributed by atoms with Gasteiger partial charge in [0.25, 0.3) is 0 Å². The van der Waals surface area contributed by atoms with Gasteiger partial charge in [-0.2, -0.15) is 10.4 Å². The van der Waals surface area contributed by atoms with Crippen molar-refractivity contribution in [1.82, 2.24) is 9.61 Å². The van der Waals surface area contributed by atoms with Gasteiger partial charge in [0.1, 0.15) is 23.2 Å². The number of nitrogens with zero attached hydrogens (tertiary/aromatic N) is 3. The lowest BCUT2D eigenvalue weighted by molar-refractivity contribution is 0.340.